The molecule has 2 rings (SSSR count). The second-order valence-corrected chi connectivity index (χ2v) is 5.99. The number of nitrogens with zero attached hydrogens (tertiary/aromatic N) is 2. The van der Waals surface area contributed by atoms with Crippen LogP contribution in [0, 0.1) is 0 Å². The molecule has 7 heteroatoms. The minimum absolute atomic E-state index is 0. The standard InChI is InChI=1S/C20H30N4O2.HI/c1-3-5-13-25-14-9-12-22-20(21-4-2)23-16-18-15-19(26-24-18)17-10-7-6-8-11-17;/h6-8,10-11,15H,3-5,9,12-14,16H2,1-2H3,(H2,21,22,23);1H. The van der Waals surface area contributed by atoms with Gasteiger partial charge in [-0.15, -0.1) is 24.0 Å². The molecule has 0 saturated heterocycles. The lowest BCUT2D eigenvalue weighted by molar-refractivity contribution is 0.129. The van der Waals surface area contributed by atoms with Crippen LogP contribution in [0.5, 0.6) is 0 Å². The molecule has 0 aliphatic rings. The third kappa shape index (κ3) is 9.23. The first kappa shape index (κ1) is 23.4. The molecule has 0 spiro atoms. The van der Waals surface area contributed by atoms with Crippen molar-refractivity contribution in [3.63, 3.8) is 0 Å². The van der Waals surface area contributed by atoms with Crippen molar-refractivity contribution in [3.8, 4) is 11.3 Å². The maximum Gasteiger partial charge on any atom is 0.191 e. The van der Waals surface area contributed by atoms with Gasteiger partial charge in [-0.1, -0.05) is 48.8 Å². The number of halogens is 1. The normalized spacial score (nSPS) is 11.1. The molecule has 0 saturated carbocycles. The highest BCUT2D eigenvalue weighted by Crippen LogP contribution is 2.19. The zero-order chi connectivity index (χ0) is 18.5. The minimum Gasteiger partial charge on any atom is -0.381 e. The van der Waals surface area contributed by atoms with Gasteiger partial charge in [0, 0.05) is 37.9 Å². The number of nitrogens with one attached hydrogen (secondary N) is 2. The van der Waals surface area contributed by atoms with Crippen molar-refractivity contribution in [2.24, 2.45) is 4.99 Å². The molecule has 0 bridgehead atoms. The van der Waals surface area contributed by atoms with Gasteiger partial charge in [0.05, 0.1) is 6.54 Å². The Labute approximate surface area is 179 Å². The first-order valence-corrected chi connectivity index (χ1v) is 9.44. The summed E-state index contributed by atoms with van der Waals surface area (Å²) in [5.41, 5.74) is 1.83. The van der Waals surface area contributed by atoms with Crippen LogP contribution in [0.4, 0.5) is 0 Å². The minimum atomic E-state index is 0. The molecule has 0 aliphatic heterocycles. The Bertz CT molecular complexity index is 646. The second-order valence-electron chi connectivity index (χ2n) is 5.99. The Morgan fingerprint density at radius 2 is 1.89 bits per heavy atom. The van der Waals surface area contributed by atoms with Crippen LogP contribution in [0.2, 0.25) is 0 Å². The fourth-order valence-corrected chi connectivity index (χ4v) is 2.36. The van der Waals surface area contributed by atoms with E-state index in [9.17, 15) is 0 Å². The average molecular weight is 486 g/mol. The van der Waals surface area contributed by atoms with Crippen LogP contribution < -0.4 is 10.6 Å². The topological polar surface area (TPSA) is 71.7 Å². The molecule has 1 aromatic carbocycles. The summed E-state index contributed by atoms with van der Waals surface area (Å²) in [6, 6.07) is 11.9. The van der Waals surface area contributed by atoms with E-state index in [-0.39, 0.29) is 24.0 Å². The van der Waals surface area contributed by atoms with Gasteiger partial charge in [-0.25, -0.2) is 4.99 Å². The van der Waals surface area contributed by atoms with Crippen molar-refractivity contribution < 1.29 is 9.26 Å². The Morgan fingerprint density at radius 1 is 1.11 bits per heavy atom. The first-order valence-electron chi connectivity index (χ1n) is 9.44. The smallest absolute Gasteiger partial charge is 0.191 e. The van der Waals surface area contributed by atoms with Crippen LogP contribution in [-0.2, 0) is 11.3 Å². The van der Waals surface area contributed by atoms with E-state index < -0.39 is 0 Å². The summed E-state index contributed by atoms with van der Waals surface area (Å²) in [5, 5.41) is 10.7. The number of guanidine groups is 1. The fourth-order valence-electron chi connectivity index (χ4n) is 2.36. The van der Waals surface area contributed by atoms with Gasteiger partial charge in [0.25, 0.3) is 0 Å². The number of unbranched alkanes of at least 4 members (excludes halogenated alkanes) is 1. The molecule has 0 amide bonds. The predicted molar refractivity (Wildman–Crippen MR) is 121 cm³/mol. The summed E-state index contributed by atoms with van der Waals surface area (Å²) in [7, 11) is 0. The fraction of sp³-hybridized carbons (Fsp3) is 0.500. The van der Waals surface area contributed by atoms with Gasteiger partial charge in [0.1, 0.15) is 5.69 Å². The van der Waals surface area contributed by atoms with Crippen molar-refractivity contribution in [1.29, 1.82) is 0 Å². The summed E-state index contributed by atoms with van der Waals surface area (Å²) in [6.45, 7) is 7.95. The Morgan fingerprint density at radius 3 is 2.63 bits per heavy atom. The molecule has 1 heterocycles. The number of aliphatic imine (C=N–C) groups is 1. The Kier molecular flexibility index (Phi) is 12.5. The molecule has 0 radical (unpaired) electrons. The van der Waals surface area contributed by atoms with Crippen molar-refractivity contribution in [2.45, 2.75) is 39.7 Å². The van der Waals surface area contributed by atoms with Gasteiger partial charge in [0.2, 0.25) is 0 Å². The summed E-state index contributed by atoms with van der Waals surface area (Å²) in [5.74, 6) is 1.54. The van der Waals surface area contributed by atoms with Crippen molar-refractivity contribution in [2.75, 3.05) is 26.3 Å². The van der Waals surface area contributed by atoms with Crippen LogP contribution in [0.3, 0.4) is 0 Å². The van der Waals surface area contributed by atoms with E-state index in [4.69, 9.17) is 9.26 Å². The van der Waals surface area contributed by atoms with Gasteiger partial charge in [-0.05, 0) is 19.8 Å². The summed E-state index contributed by atoms with van der Waals surface area (Å²) < 4.78 is 11.0. The molecule has 2 N–H and O–H groups in total. The third-order valence-electron chi connectivity index (χ3n) is 3.76. The molecule has 1 aromatic heterocycles. The molecule has 0 aliphatic carbocycles. The van der Waals surface area contributed by atoms with Crippen molar-refractivity contribution >= 4 is 29.9 Å². The molecule has 27 heavy (non-hydrogen) atoms. The van der Waals surface area contributed by atoms with Gasteiger partial charge in [-0.2, -0.15) is 0 Å². The average Bonchev–Trinajstić information content (AvgIpc) is 3.15. The molecule has 0 fully saturated rings. The largest absolute Gasteiger partial charge is 0.381 e. The number of ether oxygens (including phenoxy) is 1. The van der Waals surface area contributed by atoms with Crippen LogP contribution >= 0.6 is 24.0 Å². The molecule has 150 valence electrons. The van der Waals surface area contributed by atoms with E-state index in [1.54, 1.807) is 0 Å². The number of aromatic nitrogens is 1. The van der Waals surface area contributed by atoms with E-state index >= 15 is 0 Å². The highest BCUT2D eigenvalue weighted by Gasteiger charge is 2.06. The third-order valence-corrected chi connectivity index (χ3v) is 3.76. The van der Waals surface area contributed by atoms with Crippen LogP contribution in [-0.4, -0.2) is 37.4 Å². The molecular formula is C20H31IN4O2. The maximum atomic E-state index is 5.57. The van der Waals surface area contributed by atoms with E-state index in [1.165, 1.54) is 6.42 Å². The van der Waals surface area contributed by atoms with Gasteiger partial charge in [-0.3, -0.25) is 0 Å². The maximum absolute atomic E-state index is 5.57. The predicted octanol–water partition coefficient (Wildman–Crippen LogP) is 4.22. The van der Waals surface area contributed by atoms with E-state index in [0.29, 0.717) is 6.54 Å². The van der Waals surface area contributed by atoms with Gasteiger partial charge in [0.15, 0.2) is 11.7 Å². The van der Waals surface area contributed by atoms with Crippen LogP contribution in [0.15, 0.2) is 45.9 Å². The SMILES string of the molecule is CCCCOCCCNC(=NCc1cc(-c2ccccc2)on1)NCC.I. The lowest BCUT2D eigenvalue weighted by Crippen LogP contribution is -2.38. The number of rotatable bonds is 11. The summed E-state index contributed by atoms with van der Waals surface area (Å²) in [4.78, 5) is 4.57. The Hall–Kier alpha value is -1.61. The quantitative estimate of drug-likeness (QED) is 0.215. The zero-order valence-corrected chi connectivity index (χ0v) is 18.6. The number of hydrogen-bond donors (Lipinski definition) is 2. The molecule has 0 atom stereocenters. The van der Waals surface area contributed by atoms with Crippen LogP contribution in [0.25, 0.3) is 11.3 Å². The van der Waals surface area contributed by atoms with E-state index in [1.807, 2.05) is 36.4 Å². The summed E-state index contributed by atoms with van der Waals surface area (Å²) in [6.07, 6.45) is 3.25. The van der Waals surface area contributed by atoms with Gasteiger partial charge < -0.3 is 19.9 Å². The van der Waals surface area contributed by atoms with E-state index in [2.05, 4.69) is 34.6 Å². The first-order chi connectivity index (χ1) is 12.8. The lowest BCUT2D eigenvalue weighted by Gasteiger charge is -2.11. The lowest BCUT2D eigenvalue weighted by atomic mass is 10.2. The van der Waals surface area contributed by atoms with E-state index in [0.717, 1.165) is 62.1 Å². The van der Waals surface area contributed by atoms with Gasteiger partial charge >= 0.3 is 0 Å². The molecular weight excluding hydrogens is 455 g/mol. The summed E-state index contributed by atoms with van der Waals surface area (Å²) >= 11 is 0. The highest BCUT2D eigenvalue weighted by atomic mass is 127. The molecule has 6 nitrogen and oxygen atoms in total. The number of benzene rings is 1. The second kappa shape index (κ2) is 14.4. The zero-order valence-electron chi connectivity index (χ0n) is 16.2. The van der Waals surface area contributed by atoms with Crippen LogP contribution in [0.1, 0.15) is 38.8 Å². The van der Waals surface area contributed by atoms with Crippen molar-refractivity contribution in [1.82, 2.24) is 15.8 Å². The molecule has 0 unspecified atom stereocenters. The highest BCUT2D eigenvalue weighted by molar-refractivity contribution is 14.0. The molecule has 2 aromatic rings. The Balaban J connectivity index is 0.00000364. The monoisotopic (exact) mass is 486 g/mol. The van der Waals surface area contributed by atoms with Crippen molar-refractivity contribution in [3.05, 3.63) is 42.1 Å². The number of hydrogen-bond acceptors (Lipinski definition) is 4.